The highest BCUT2D eigenvalue weighted by Crippen LogP contribution is 2.33. The van der Waals surface area contributed by atoms with Crippen molar-refractivity contribution < 1.29 is 41.0 Å². The molecule has 0 aliphatic carbocycles. The van der Waals surface area contributed by atoms with Crippen molar-refractivity contribution in [2.75, 3.05) is 24.9 Å². The number of hydrogen-bond donors (Lipinski definition) is 2. The van der Waals surface area contributed by atoms with Crippen LogP contribution in [-0.2, 0) is 6.18 Å². The Morgan fingerprint density at radius 1 is 0.941 bits per heavy atom. The van der Waals surface area contributed by atoms with Gasteiger partial charge in [-0.1, -0.05) is 0 Å². The summed E-state index contributed by atoms with van der Waals surface area (Å²) >= 11 is 0. The Bertz CT molecular complexity index is 1250. The molecule has 2 N–H and O–H groups in total. The molecular weight excluding hydrogens is 467 g/mol. The van der Waals surface area contributed by atoms with Crippen LogP contribution in [-0.4, -0.2) is 36.0 Å². The summed E-state index contributed by atoms with van der Waals surface area (Å²) in [7, 11) is 2.45. The first-order chi connectivity index (χ1) is 16.0. The zero-order valence-electron chi connectivity index (χ0n) is 17.5. The van der Waals surface area contributed by atoms with Crippen molar-refractivity contribution in [3.63, 3.8) is 0 Å². The van der Waals surface area contributed by atoms with Gasteiger partial charge < -0.3 is 20.1 Å². The molecule has 1 aromatic carbocycles. The van der Waals surface area contributed by atoms with Gasteiger partial charge in [-0.2, -0.15) is 17.6 Å². The molecule has 0 bridgehead atoms. The summed E-state index contributed by atoms with van der Waals surface area (Å²) in [5.74, 6) is -4.89. The summed E-state index contributed by atoms with van der Waals surface area (Å²) in [4.78, 5) is 32.7. The monoisotopic (exact) mass is 482 g/mol. The molecule has 3 aromatic rings. The van der Waals surface area contributed by atoms with Crippen molar-refractivity contribution >= 4 is 23.2 Å². The van der Waals surface area contributed by atoms with Crippen LogP contribution in [0.15, 0.2) is 42.7 Å². The van der Waals surface area contributed by atoms with E-state index in [9.17, 15) is 31.5 Å². The van der Waals surface area contributed by atoms with Crippen LogP contribution < -0.4 is 20.1 Å². The van der Waals surface area contributed by atoms with Gasteiger partial charge in [-0.3, -0.25) is 9.59 Å². The first kappa shape index (κ1) is 24.4. The first-order valence-electron chi connectivity index (χ1n) is 9.27. The Morgan fingerprint density at radius 2 is 1.68 bits per heavy atom. The molecule has 3 rings (SSSR count). The number of methoxy groups -OCH3 is 2. The minimum absolute atomic E-state index is 0.0663. The van der Waals surface area contributed by atoms with Gasteiger partial charge in [0.15, 0.2) is 0 Å². The number of amides is 2. The summed E-state index contributed by atoms with van der Waals surface area (Å²) in [6, 6.07) is 4.22. The summed E-state index contributed by atoms with van der Waals surface area (Å²) in [6.07, 6.45) is -2.88. The van der Waals surface area contributed by atoms with Crippen molar-refractivity contribution in [1.29, 1.82) is 0 Å². The van der Waals surface area contributed by atoms with E-state index in [0.29, 0.717) is 12.1 Å². The number of ether oxygens (including phenoxy) is 2. The van der Waals surface area contributed by atoms with Crippen molar-refractivity contribution in [2.24, 2.45) is 0 Å². The Balaban J connectivity index is 1.95. The van der Waals surface area contributed by atoms with E-state index in [-0.39, 0.29) is 28.6 Å². The number of nitrogens with one attached hydrogen (secondary N) is 2. The number of rotatable bonds is 6. The number of pyridine rings is 2. The molecular formula is C21H15F5N4O4. The molecule has 0 radical (unpaired) electrons. The van der Waals surface area contributed by atoms with Crippen LogP contribution in [0.25, 0.3) is 0 Å². The van der Waals surface area contributed by atoms with Crippen molar-refractivity contribution in [1.82, 2.24) is 9.97 Å². The van der Waals surface area contributed by atoms with Crippen LogP contribution in [0.4, 0.5) is 33.3 Å². The third-order valence-electron chi connectivity index (χ3n) is 4.42. The zero-order valence-corrected chi connectivity index (χ0v) is 17.5. The SMILES string of the molecule is COc1cc(C(=O)Nc2ccc(F)c(C(F)(F)F)c2)c(NC(=O)c2c(OC)ccnc2F)cn1. The summed E-state index contributed by atoms with van der Waals surface area (Å²) in [5.41, 5.74) is -3.02. The molecule has 0 atom stereocenters. The highest BCUT2D eigenvalue weighted by Gasteiger charge is 2.34. The largest absolute Gasteiger partial charge is 0.496 e. The summed E-state index contributed by atoms with van der Waals surface area (Å²) in [5, 5.41) is 4.47. The summed E-state index contributed by atoms with van der Waals surface area (Å²) in [6.45, 7) is 0. The van der Waals surface area contributed by atoms with Crippen molar-refractivity contribution in [3.8, 4) is 11.6 Å². The molecule has 0 unspecified atom stereocenters. The van der Waals surface area contributed by atoms with Gasteiger partial charge in [0.2, 0.25) is 11.8 Å². The number of carbonyl (C=O) groups excluding carboxylic acids is 2. The number of halogens is 5. The van der Waals surface area contributed by atoms with Crippen LogP contribution in [0.5, 0.6) is 11.6 Å². The smallest absolute Gasteiger partial charge is 0.419 e. The van der Waals surface area contributed by atoms with E-state index in [4.69, 9.17) is 9.47 Å². The van der Waals surface area contributed by atoms with Gasteiger partial charge in [0.1, 0.15) is 17.1 Å². The predicted octanol–water partition coefficient (Wildman–Crippen LogP) is 4.30. The molecule has 34 heavy (non-hydrogen) atoms. The van der Waals surface area contributed by atoms with Crippen LogP contribution in [0, 0.1) is 11.8 Å². The lowest BCUT2D eigenvalue weighted by Gasteiger charge is -2.14. The topological polar surface area (TPSA) is 102 Å². The number of nitrogens with zero attached hydrogens (tertiary/aromatic N) is 2. The standard InChI is InChI=1S/C21H15F5N4O4/c1-33-15-5-6-27-18(23)17(15)20(32)30-14-9-28-16(34-2)8-11(14)19(31)29-10-3-4-13(22)12(7-10)21(24,25)26/h3-9H,1-2H3,(H,29,31)(H,30,32). The molecule has 0 fully saturated rings. The molecule has 2 heterocycles. The fourth-order valence-corrected chi connectivity index (χ4v) is 2.83. The highest BCUT2D eigenvalue weighted by molar-refractivity contribution is 6.13. The number of hydrogen-bond acceptors (Lipinski definition) is 6. The third-order valence-corrected chi connectivity index (χ3v) is 4.42. The molecule has 0 aliphatic rings. The molecule has 0 saturated heterocycles. The van der Waals surface area contributed by atoms with Crippen molar-refractivity contribution in [2.45, 2.75) is 6.18 Å². The second kappa shape index (κ2) is 9.68. The van der Waals surface area contributed by atoms with E-state index >= 15 is 0 Å². The molecule has 0 spiro atoms. The number of carbonyl (C=O) groups is 2. The lowest BCUT2D eigenvalue weighted by molar-refractivity contribution is -0.139. The van der Waals surface area contributed by atoms with E-state index < -0.39 is 40.9 Å². The third kappa shape index (κ3) is 5.19. The molecule has 8 nitrogen and oxygen atoms in total. The van der Waals surface area contributed by atoms with E-state index in [0.717, 1.165) is 24.5 Å². The average Bonchev–Trinajstić information content (AvgIpc) is 2.79. The second-order valence-corrected chi connectivity index (χ2v) is 6.55. The molecule has 2 amide bonds. The summed E-state index contributed by atoms with van der Waals surface area (Å²) < 4.78 is 76.5. The minimum Gasteiger partial charge on any atom is -0.496 e. The Labute approximate surface area is 188 Å². The second-order valence-electron chi connectivity index (χ2n) is 6.55. The lowest BCUT2D eigenvalue weighted by atomic mass is 10.1. The molecule has 0 saturated carbocycles. The van der Waals surface area contributed by atoms with Gasteiger partial charge in [0.05, 0.1) is 37.2 Å². The maximum atomic E-state index is 14.1. The lowest BCUT2D eigenvalue weighted by Crippen LogP contribution is -2.20. The maximum Gasteiger partial charge on any atom is 0.419 e. The van der Waals surface area contributed by atoms with Crippen LogP contribution in [0.1, 0.15) is 26.3 Å². The van der Waals surface area contributed by atoms with Crippen molar-refractivity contribution in [3.05, 3.63) is 71.2 Å². The van der Waals surface area contributed by atoms with Gasteiger partial charge in [0.25, 0.3) is 11.8 Å². The number of aromatic nitrogens is 2. The van der Waals surface area contributed by atoms with Gasteiger partial charge in [-0.25, -0.2) is 14.4 Å². The molecule has 0 aliphatic heterocycles. The first-order valence-corrected chi connectivity index (χ1v) is 9.27. The number of anilines is 2. The highest BCUT2D eigenvalue weighted by atomic mass is 19.4. The fourth-order valence-electron chi connectivity index (χ4n) is 2.83. The minimum atomic E-state index is -4.99. The maximum absolute atomic E-state index is 14.1. The Hall–Kier alpha value is -4.29. The predicted molar refractivity (Wildman–Crippen MR) is 109 cm³/mol. The van der Waals surface area contributed by atoms with Crippen LogP contribution >= 0.6 is 0 Å². The van der Waals surface area contributed by atoms with Gasteiger partial charge >= 0.3 is 6.18 Å². The van der Waals surface area contributed by atoms with Crippen LogP contribution in [0.2, 0.25) is 0 Å². The van der Waals surface area contributed by atoms with E-state index in [1.807, 2.05) is 0 Å². The molecule has 2 aromatic heterocycles. The number of benzene rings is 1. The van der Waals surface area contributed by atoms with Gasteiger partial charge in [-0.15, -0.1) is 0 Å². The van der Waals surface area contributed by atoms with Gasteiger partial charge in [-0.05, 0) is 24.3 Å². The van der Waals surface area contributed by atoms with E-state index in [1.54, 1.807) is 0 Å². The number of alkyl halides is 3. The van der Waals surface area contributed by atoms with Crippen LogP contribution in [0.3, 0.4) is 0 Å². The Morgan fingerprint density at radius 3 is 2.32 bits per heavy atom. The Kier molecular flexibility index (Phi) is 6.94. The van der Waals surface area contributed by atoms with Gasteiger partial charge in [0, 0.05) is 18.0 Å². The zero-order chi connectivity index (χ0) is 25.0. The average molecular weight is 482 g/mol. The van der Waals surface area contributed by atoms with E-state index in [2.05, 4.69) is 20.6 Å². The van der Waals surface area contributed by atoms with E-state index in [1.165, 1.54) is 20.3 Å². The quantitative estimate of drug-likeness (QED) is 0.401. The normalized spacial score (nSPS) is 11.0. The molecule has 13 heteroatoms. The fraction of sp³-hybridized carbons (Fsp3) is 0.143. The molecule has 178 valence electrons.